The molecule has 2 aromatic rings. The summed E-state index contributed by atoms with van der Waals surface area (Å²) in [5.74, 6) is 0.709. The lowest BCUT2D eigenvalue weighted by Crippen LogP contribution is -2.36. The van der Waals surface area contributed by atoms with E-state index in [0.29, 0.717) is 12.3 Å². The van der Waals surface area contributed by atoms with Crippen molar-refractivity contribution >= 4 is 6.03 Å². The van der Waals surface area contributed by atoms with E-state index in [4.69, 9.17) is 4.42 Å². The predicted octanol–water partition coefficient (Wildman–Crippen LogP) is 1.28. The summed E-state index contributed by atoms with van der Waals surface area (Å²) < 4.78 is 6.75. The molecule has 2 heterocycles. The molecule has 2 rings (SSSR count). The van der Waals surface area contributed by atoms with E-state index in [1.54, 1.807) is 17.8 Å². The molecule has 0 fully saturated rings. The standard InChI is InChI=1S/C12H17N5O2/c1-8(10-4-15-17(3)6-10)16-12(18)13-5-11-9(2)19-7-14-11/h4,6-8H,5H2,1-3H3,(H2,13,16,18). The van der Waals surface area contributed by atoms with Crippen LogP contribution >= 0.6 is 0 Å². The zero-order valence-electron chi connectivity index (χ0n) is 11.2. The number of nitrogens with zero attached hydrogens (tertiary/aromatic N) is 3. The van der Waals surface area contributed by atoms with Gasteiger partial charge < -0.3 is 15.1 Å². The number of amides is 2. The molecule has 2 N–H and O–H groups in total. The van der Waals surface area contributed by atoms with Crippen molar-refractivity contribution in [3.8, 4) is 0 Å². The third-order valence-electron chi connectivity index (χ3n) is 2.83. The minimum atomic E-state index is -0.251. The van der Waals surface area contributed by atoms with Crippen LogP contribution in [0.3, 0.4) is 0 Å². The van der Waals surface area contributed by atoms with Crippen LogP contribution in [0.4, 0.5) is 4.79 Å². The average molecular weight is 263 g/mol. The molecule has 0 radical (unpaired) electrons. The molecule has 1 unspecified atom stereocenters. The Hall–Kier alpha value is -2.31. The largest absolute Gasteiger partial charge is 0.448 e. The number of carbonyl (C=O) groups is 1. The molecule has 0 saturated carbocycles. The summed E-state index contributed by atoms with van der Waals surface area (Å²) in [5.41, 5.74) is 1.68. The number of oxazole rings is 1. The Morgan fingerprint density at radius 1 is 1.58 bits per heavy atom. The summed E-state index contributed by atoms with van der Waals surface area (Å²) in [6.45, 7) is 4.05. The maximum absolute atomic E-state index is 11.7. The number of aryl methyl sites for hydroxylation is 2. The van der Waals surface area contributed by atoms with Crippen LogP contribution in [0.2, 0.25) is 0 Å². The van der Waals surface area contributed by atoms with Crippen molar-refractivity contribution in [2.45, 2.75) is 26.4 Å². The van der Waals surface area contributed by atoms with E-state index < -0.39 is 0 Å². The van der Waals surface area contributed by atoms with Crippen LogP contribution in [0.1, 0.15) is 30.0 Å². The first-order valence-electron chi connectivity index (χ1n) is 5.98. The van der Waals surface area contributed by atoms with E-state index in [0.717, 1.165) is 11.3 Å². The molecule has 2 amide bonds. The number of hydrogen-bond acceptors (Lipinski definition) is 4. The number of rotatable bonds is 4. The highest BCUT2D eigenvalue weighted by molar-refractivity contribution is 5.74. The van der Waals surface area contributed by atoms with Crippen LogP contribution < -0.4 is 10.6 Å². The maximum atomic E-state index is 11.7. The predicted molar refractivity (Wildman–Crippen MR) is 68.2 cm³/mol. The average Bonchev–Trinajstić information content (AvgIpc) is 2.95. The van der Waals surface area contributed by atoms with E-state index in [1.165, 1.54) is 6.39 Å². The zero-order chi connectivity index (χ0) is 13.8. The molecule has 0 saturated heterocycles. The van der Waals surface area contributed by atoms with Crippen molar-refractivity contribution < 1.29 is 9.21 Å². The quantitative estimate of drug-likeness (QED) is 0.870. The fraction of sp³-hybridized carbons (Fsp3) is 0.417. The Labute approximate surface area is 111 Å². The summed E-state index contributed by atoms with van der Waals surface area (Å²) in [5, 5.41) is 9.63. The van der Waals surface area contributed by atoms with Crippen LogP contribution in [0, 0.1) is 6.92 Å². The first-order chi connectivity index (χ1) is 9.06. The zero-order valence-corrected chi connectivity index (χ0v) is 11.2. The maximum Gasteiger partial charge on any atom is 0.315 e. The molecule has 0 spiro atoms. The monoisotopic (exact) mass is 263 g/mol. The lowest BCUT2D eigenvalue weighted by Gasteiger charge is -2.12. The molecule has 0 aliphatic rings. The number of nitrogens with one attached hydrogen (secondary N) is 2. The fourth-order valence-electron chi connectivity index (χ4n) is 1.66. The van der Waals surface area contributed by atoms with Crippen LogP contribution in [-0.2, 0) is 13.6 Å². The second-order valence-corrected chi connectivity index (χ2v) is 4.35. The van der Waals surface area contributed by atoms with Gasteiger partial charge in [0.2, 0.25) is 0 Å². The minimum Gasteiger partial charge on any atom is -0.448 e. The van der Waals surface area contributed by atoms with Crippen molar-refractivity contribution in [2.75, 3.05) is 0 Å². The van der Waals surface area contributed by atoms with Crippen LogP contribution in [0.5, 0.6) is 0 Å². The van der Waals surface area contributed by atoms with Gasteiger partial charge in [-0.3, -0.25) is 4.68 Å². The van der Waals surface area contributed by atoms with Crippen molar-refractivity contribution in [1.29, 1.82) is 0 Å². The van der Waals surface area contributed by atoms with Gasteiger partial charge in [0.1, 0.15) is 11.5 Å². The Bertz CT molecular complexity index is 560. The topological polar surface area (TPSA) is 85.0 Å². The smallest absolute Gasteiger partial charge is 0.315 e. The fourth-order valence-corrected chi connectivity index (χ4v) is 1.66. The molecular weight excluding hydrogens is 246 g/mol. The molecule has 1 atom stereocenters. The first kappa shape index (κ1) is 13.1. The molecule has 0 aromatic carbocycles. The lowest BCUT2D eigenvalue weighted by molar-refractivity contribution is 0.237. The molecule has 2 aromatic heterocycles. The molecular formula is C12H17N5O2. The SMILES string of the molecule is Cc1ocnc1CNC(=O)NC(C)c1cnn(C)c1. The molecule has 102 valence electrons. The van der Waals surface area contributed by atoms with Gasteiger partial charge in [-0.1, -0.05) is 0 Å². The normalized spacial score (nSPS) is 12.2. The summed E-state index contributed by atoms with van der Waals surface area (Å²) in [6, 6.07) is -0.356. The van der Waals surface area contributed by atoms with E-state index >= 15 is 0 Å². The number of carbonyl (C=O) groups excluding carboxylic acids is 1. The van der Waals surface area contributed by atoms with Gasteiger partial charge in [-0.25, -0.2) is 9.78 Å². The highest BCUT2D eigenvalue weighted by Crippen LogP contribution is 2.10. The van der Waals surface area contributed by atoms with Crippen molar-refractivity contribution in [2.24, 2.45) is 7.05 Å². The van der Waals surface area contributed by atoms with Crippen molar-refractivity contribution in [1.82, 2.24) is 25.4 Å². The number of hydrogen-bond donors (Lipinski definition) is 2. The lowest BCUT2D eigenvalue weighted by atomic mass is 10.2. The number of aromatic nitrogens is 3. The van der Waals surface area contributed by atoms with Gasteiger partial charge in [0.15, 0.2) is 6.39 Å². The van der Waals surface area contributed by atoms with Gasteiger partial charge in [-0.2, -0.15) is 5.10 Å². The summed E-state index contributed by atoms with van der Waals surface area (Å²) >= 11 is 0. The molecule has 19 heavy (non-hydrogen) atoms. The van der Waals surface area contributed by atoms with E-state index in [2.05, 4.69) is 20.7 Å². The Balaban J connectivity index is 1.83. The van der Waals surface area contributed by atoms with Crippen LogP contribution in [0.15, 0.2) is 23.2 Å². The van der Waals surface area contributed by atoms with Gasteiger partial charge in [0.25, 0.3) is 0 Å². The molecule has 0 aliphatic carbocycles. The van der Waals surface area contributed by atoms with Gasteiger partial charge >= 0.3 is 6.03 Å². The Kier molecular flexibility index (Phi) is 3.84. The van der Waals surface area contributed by atoms with Crippen LogP contribution in [0.25, 0.3) is 0 Å². The Morgan fingerprint density at radius 2 is 2.37 bits per heavy atom. The van der Waals surface area contributed by atoms with E-state index in [9.17, 15) is 4.79 Å². The van der Waals surface area contributed by atoms with Gasteiger partial charge in [0.05, 0.1) is 18.8 Å². The molecule has 0 bridgehead atoms. The summed E-state index contributed by atoms with van der Waals surface area (Å²) in [4.78, 5) is 15.7. The molecule has 0 aliphatic heterocycles. The third-order valence-corrected chi connectivity index (χ3v) is 2.83. The number of urea groups is 1. The highest BCUT2D eigenvalue weighted by atomic mass is 16.3. The van der Waals surface area contributed by atoms with Crippen molar-refractivity contribution in [3.63, 3.8) is 0 Å². The van der Waals surface area contributed by atoms with E-state index in [1.807, 2.05) is 20.2 Å². The summed E-state index contributed by atoms with van der Waals surface area (Å²) in [6.07, 6.45) is 4.96. The second-order valence-electron chi connectivity index (χ2n) is 4.35. The van der Waals surface area contributed by atoms with Gasteiger partial charge in [-0.15, -0.1) is 0 Å². The van der Waals surface area contributed by atoms with Crippen LogP contribution in [-0.4, -0.2) is 20.8 Å². The molecule has 7 nitrogen and oxygen atoms in total. The molecule has 7 heteroatoms. The van der Waals surface area contributed by atoms with Gasteiger partial charge in [0, 0.05) is 18.8 Å². The van der Waals surface area contributed by atoms with E-state index in [-0.39, 0.29) is 12.1 Å². The summed E-state index contributed by atoms with van der Waals surface area (Å²) in [7, 11) is 1.84. The first-order valence-corrected chi connectivity index (χ1v) is 5.98. The van der Waals surface area contributed by atoms with Crippen molar-refractivity contribution in [3.05, 3.63) is 35.8 Å². The minimum absolute atomic E-state index is 0.105. The van der Waals surface area contributed by atoms with Gasteiger partial charge in [-0.05, 0) is 13.8 Å². The highest BCUT2D eigenvalue weighted by Gasteiger charge is 2.11. The second kappa shape index (κ2) is 5.55. The third kappa shape index (κ3) is 3.34. The Morgan fingerprint density at radius 3 is 2.95 bits per heavy atom.